The number of hydrogen-bond donors (Lipinski definition) is 2. The summed E-state index contributed by atoms with van der Waals surface area (Å²) in [5.74, 6) is -0.0647. The summed E-state index contributed by atoms with van der Waals surface area (Å²) >= 11 is 1.51. The molecule has 0 aliphatic rings. The number of thiazole rings is 1. The van der Waals surface area contributed by atoms with Gasteiger partial charge < -0.3 is 11.1 Å². The Balaban J connectivity index is 2.19. The van der Waals surface area contributed by atoms with Crippen LogP contribution >= 0.6 is 11.3 Å². The number of hydrogen-bond acceptors (Lipinski definition) is 8. The van der Waals surface area contributed by atoms with E-state index in [1.165, 1.54) is 17.7 Å². The van der Waals surface area contributed by atoms with Gasteiger partial charge in [-0.25, -0.2) is 15.0 Å². The molecule has 2 aromatic rings. The van der Waals surface area contributed by atoms with Crippen molar-refractivity contribution in [1.29, 1.82) is 0 Å². The predicted octanol–water partition coefficient (Wildman–Crippen LogP) is 1.34. The first-order valence-electron chi connectivity index (χ1n) is 4.97. The van der Waals surface area contributed by atoms with Gasteiger partial charge in [-0.2, -0.15) is 0 Å². The van der Waals surface area contributed by atoms with Crippen LogP contribution in [0.15, 0.2) is 11.7 Å². The smallest absolute Gasteiger partial charge is 0.352 e. The fraction of sp³-hybridized carbons (Fsp3) is 0.222. The summed E-state index contributed by atoms with van der Waals surface area (Å²) in [6, 6.07) is 0. The molecule has 18 heavy (non-hydrogen) atoms. The third kappa shape index (κ3) is 2.51. The second kappa shape index (κ2) is 4.92. The molecule has 0 radical (unpaired) electrons. The average molecular weight is 266 g/mol. The molecule has 0 unspecified atom stereocenters. The van der Waals surface area contributed by atoms with E-state index in [1.54, 1.807) is 0 Å². The first kappa shape index (κ1) is 12.2. The summed E-state index contributed by atoms with van der Waals surface area (Å²) in [5.41, 5.74) is 5.93. The highest BCUT2D eigenvalue weighted by Crippen LogP contribution is 2.26. The maximum absolute atomic E-state index is 10.9. The normalized spacial score (nSPS) is 10.3. The molecule has 0 spiro atoms. The van der Waals surface area contributed by atoms with Gasteiger partial charge in [0.05, 0.1) is 22.2 Å². The van der Waals surface area contributed by atoms with Crippen molar-refractivity contribution in [1.82, 2.24) is 15.0 Å². The molecule has 0 amide bonds. The van der Waals surface area contributed by atoms with Gasteiger partial charge in [0, 0.05) is 5.38 Å². The lowest BCUT2D eigenvalue weighted by atomic mass is 10.4. The number of anilines is 2. The number of nitrogen functional groups attached to an aromatic ring is 1. The first-order chi connectivity index (χ1) is 8.58. The third-order valence-electron chi connectivity index (χ3n) is 2.14. The van der Waals surface area contributed by atoms with Gasteiger partial charge in [-0.3, -0.25) is 10.1 Å². The molecule has 3 N–H and O–H groups in total. The molecular formula is C9H10N6O2S. The topological polar surface area (TPSA) is 120 Å². The van der Waals surface area contributed by atoms with Gasteiger partial charge in [0.2, 0.25) is 11.6 Å². The van der Waals surface area contributed by atoms with Crippen LogP contribution < -0.4 is 11.1 Å². The summed E-state index contributed by atoms with van der Waals surface area (Å²) in [6.07, 6.45) is 1.18. The van der Waals surface area contributed by atoms with E-state index in [-0.39, 0.29) is 17.3 Å². The van der Waals surface area contributed by atoms with Crippen LogP contribution in [-0.4, -0.2) is 19.9 Å². The lowest BCUT2D eigenvalue weighted by Gasteiger charge is -2.04. The molecule has 0 atom stereocenters. The maximum atomic E-state index is 10.9. The Morgan fingerprint density at radius 2 is 2.33 bits per heavy atom. The lowest BCUT2D eigenvalue weighted by molar-refractivity contribution is -0.383. The van der Waals surface area contributed by atoms with Crippen molar-refractivity contribution in [2.75, 3.05) is 11.1 Å². The molecule has 0 fully saturated rings. The number of nitro groups is 1. The van der Waals surface area contributed by atoms with Crippen molar-refractivity contribution < 1.29 is 4.92 Å². The molecule has 0 aliphatic heterocycles. The van der Waals surface area contributed by atoms with Crippen LogP contribution in [0.2, 0.25) is 0 Å². The van der Waals surface area contributed by atoms with Crippen molar-refractivity contribution in [3.63, 3.8) is 0 Å². The van der Waals surface area contributed by atoms with Gasteiger partial charge in [0.1, 0.15) is 6.33 Å². The number of rotatable bonds is 4. The van der Waals surface area contributed by atoms with Gasteiger partial charge in [0.15, 0.2) is 0 Å². The summed E-state index contributed by atoms with van der Waals surface area (Å²) in [5, 5.41) is 16.5. The molecule has 2 aromatic heterocycles. The molecule has 9 heteroatoms. The highest BCUT2D eigenvalue weighted by Gasteiger charge is 2.20. The van der Waals surface area contributed by atoms with Gasteiger partial charge in [-0.1, -0.05) is 0 Å². The summed E-state index contributed by atoms with van der Waals surface area (Å²) < 4.78 is 0. The maximum Gasteiger partial charge on any atom is 0.352 e. The van der Waals surface area contributed by atoms with Gasteiger partial charge in [-0.15, -0.1) is 11.3 Å². The number of nitrogens with one attached hydrogen (secondary N) is 1. The van der Waals surface area contributed by atoms with E-state index in [1.807, 2.05) is 12.3 Å². The predicted molar refractivity (Wildman–Crippen MR) is 67.3 cm³/mol. The van der Waals surface area contributed by atoms with E-state index in [2.05, 4.69) is 20.3 Å². The standard InChI is InChI=1S/C9H10N6O2S/c1-5-14-6(3-18-5)2-11-9-7(15(16)17)8(10)12-4-13-9/h3-4H,2H2,1H3,(H3,10,11,12,13). The summed E-state index contributed by atoms with van der Waals surface area (Å²) in [7, 11) is 0. The van der Waals surface area contributed by atoms with Gasteiger partial charge in [0.25, 0.3) is 0 Å². The van der Waals surface area contributed by atoms with E-state index >= 15 is 0 Å². The Labute approximate surface area is 106 Å². The molecule has 0 saturated carbocycles. The minimum Gasteiger partial charge on any atom is -0.378 e. The van der Waals surface area contributed by atoms with Crippen molar-refractivity contribution in [3.05, 3.63) is 32.5 Å². The Morgan fingerprint density at radius 3 is 2.94 bits per heavy atom. The van der Waals surface area contributed by atoms with Crippen LogP contribution in [0, 0.1) is 17.0 Å². The van der Waals surface area contributed by atoms with E-state index in [0.717, 1.165) is 10.7 Å². The molecule has 0 aliphatic carbocycles. The van der Waals surface area contributed by atoms with Crippen molar-refractivity contribution >= 4 is 28.7 Å². The second-order valence-electron chi connectivity index (χ2n) is 3.42. The third-order valence-corrected chi connectivity index (χ3v) is 2.96. The van der Waals surface area contributed by atoms with Gasteiger partial charge >= 0.3 is 5.69 Å². The Bertz CT molecular complexity index is 584. The zero-order valence-electron chi connectivity index (χ0n) is 9.45. The largest absolute Gasteiger partial charge is 0.378 e. The van der Waals surface area contributed by atoms with Crippen LogP contribution in [0.3, 0.4) is 0 Å². The molecule has 2 rings (SSSR count). The van der Waals surface area contributed by atoms with Crippen molar-refractivity contribution in [2.24, 2.45) is 0 Å². The number of aromatic nitrogens is 3. The fourth-order valence-electron chi connectivity index (χ4n) is 1.37. The van der Waals surface area contributed by atoms with E-state index in [0.29, 0.717) is 6.54 Å². The summed E-state index contributed by atoms with van der Waals surface area (Å²) in [4.78, 5) is 21.9. The lowest BCUT2D eigenvalue weighted by Crippen LogP contribution is -2.08. The zero-order chi connectivity index (χ0) is 13.1. The van der Waals surface area contributed by atoms with Crippen LogP contribution in [-0.2, 0) is 6.54 Å². The molecule has 94 valence electrons. The number of nitrogens with two attached hydrogens (primary N) is 1. The minimum atomic E-state index is -0.607. The number of aryl methyl sites for hydroxylation is 1. The van der Waals surface area contributed by atoms with E-state index in [9.17, 15) is 10.1 Å². The van der Waals surface area contributed by atoms with E-state index < -0.39 is 4.92 Å². The number of nitrogens with zero attached hydrogens (tertiary/aromatic N) is 4. The van der Waals surface area contributed by atoms with Crippen LogP contribution in [0.4, 0.5) is 17.3 Å². The monoisotopic (exact) mass is 266 g/mol. The van der Waals surface area contributed by atoms with Crippen LogP contribution in [0.5, 0.6) is 0 Å². The van der Waals surface area contributed by atoms with E-state index in [4.69, 9.17) is 5.73 Å². The minimum absolute atomic E-state index is 0.0955. The molecule has 0 aromatic carbocycles. The highest BCUT2D eigenvalue weighted by molar-refractivity contribution is 7.09. The zero-order valence-corrected chi connectivity index (χ0v) is 10.3. The molecule has 0 bridgehead atoms. The Kier molecular flexibility index (Phi) is 3.33. The van der Waals surface area contributed by atoms with Crippen molar-refractivity contribution in [2.45, 2.75) is 13.5 Å². The van der Waals surface area contributed by atoms with Crippen LogP contribution in [0.25, 0.3) is 0 Å². The molecule has 8 nitrogen and oxygen atoms in total. The molecular weight excluding hydrogens is 256 g/mol. The quantitative estimate of drug-likeness (QED) is 0.632. The second-order valence-corrected chi connectivity index (χ2v) is 4.49. The average Bonchev–Trinajstić information content (AvgIpc) is 2.72. The van der Waals surface area contributed by atoms with Crippen molar-refractivity contribution in [3.8, 4) is 0 Å². The van der Waals surface area contributed by atoms with Crippen LogP contribution in [0.1, 0.15) is 10.7 Å². The SMILES string of the molecule is Cc1nc(CNc2ncnc(N)c2[N+](=O)[O-])cs1. The fourth-order valence-corrected chi connectivity index (χ4v) is 1.98. The summed E-state index contributed by atoms with van der Waals surface area (Å²) in [6.45, 7) is 2.24. The Hall–Kier alpha value is -2.29. The molecule has 0 saturated heterocycles. The van der Waals surface area contributed by atoms with Gasteiger partial charge in [-0.05, 0) is 6.92 Å². The highest BCUT2D eigenvalue weighted by atomic mass is 32.1. The Morgan fingerprint density at radius 1 is 1.56 bits per heavy atom. The molecule has 2 heterocycles. The first-order valence-corrected chi connectivity index (χ1v) is 5.85.